The lowest BCUT2D eigenvalue weighted by atomic mass is 10.1. The molecule has 1 atom stereocenters. The van der Waals surface area contributed by atoms with Crippen LogP contribution in [0.1, 0.15) is 12.2 Å². The molecule has 3 nitrogen and oxygen atoms in total. The van der Waals surface area contributed by atoms with E-state index < -0.39 is 0 Å². The predicted molar refractivity (Wildman–Crippen MR) is 46.7 cm³/mol. The van der Waals surface area contributed by atoms with Gasteiger partial charge in [0.05, 0.1) is 12.4 Å². The van der Waals surface area contributed by atoms with Crippen LogP contribution in [0.2, 0.25) is 0 Å². The summed E-state index contributed by atoms with van der Waals surface area (Å²) < 4.78 is 12.5. The smallest absolute Gasteiger partial charge is 0.159 e. The molecule has 1 aliphatic heterocycles. The van der Waals surface area contributed by atoms with E-state index >= 15 is 0 Å². The average Bonchev–Trinajstić information content (AvgIpc) is 2.62. The molecule has 2 heterocycles. The third-order valence-corrected chi connectivity index (χ3v) is 2.31. The maximum atomic E-state index is 12.5. The van der Waals surface area contributed by atoms with E-state index in [1.54, 1.807) is 0 Å². The minimum Gasteiger partial charge on any atom is -0.316 e. The van der Waals surface area contributed by atoms with Crippen LogP contribution in [0.4, 0.5) is 4.39 Å². The Morgan fingerprint density at radius 3 is 2.85 bits per heavy atom. The van der Waals surface area contributed by atoms with Gasteiger partial charge >= 0.3 is 0 Å². The van der Waals surface area contributed by atoms with Crippen LogP contribution < -0.4 is 5.32 Å². The van der Waals surface area contributed by atoms with Crippen molar-refractivity contribution in [1.29, 1.82) is 0 Å². The molecule has 70 valence electrons. The maximum absolute atomic E-state index is 12.5. The van der Waals surface area contributed by atoms with Gasteiger partial charge < -0.3 is 5.32 Å². The zero-order chi connectivity index (χ0) is 9.10. The lowest BCUT2D eigenvalue weighted by Gasteiger charge is -2.05. The van der Waals surface area contributed by atoms with Crippen LogP contribution in [0.25, 0.3) is 0 Å². The zero-order valence-electron chi connectivity index (χ0n) is 7.33. The summed E-state index contributed by atoms with van der Waals surface area (Å²) in [4.78, 5) is 7.86. The Morgan fingerprint density at radius 1 is 1.46 bits per heavy atom. The lowest BCUT2D eigenvalue weighted by molar-refractivity contribution is 0.551. The van der Waals surface area contributed by atoms with Gasteiger partial charge in [-0.25, -0.2) is 14.4 Å². The SMILES string of the molecule is Fc1cnc(CC2CCNC2)nc1. The number of halogens is 1. The van der Waals surface area contributed by atoms with E-state index in [9.17, 15) is 4.39 Å². The van der Waals surface area contributed by atoms with Crippen molar-refractivity contribution in [3.63, 3.8) is 0 Å². The molecule has 0 saturated carbocycles. The molecule has 0 radical (unpaired) electrons. The van der Waals surface area contributed by atoms with Crippen molar-refractivity contribution in [2.24, 2.45) is 5.92 Å². The number of aromatic nitrogens is 2. The van der Waals surface area contributed by atoms with Crippen molar-refractivity contribution < 1.29 is 4.39 Å². The van der Waals surface area contributed by atoms with Gasteiger partial charge in [0.2, 0.25) is 0 Å². The van der Waals surface area contributed by atoms with Gasteiger partial charge in [0.1, 0.15) is 5.82 Å². The van der Waals surface area contributed by atoms with Crippen LogP contribution in [-0.2, 0) is 6.42 Å². The molecular formula is C9H12FN3. The minimum absolute atomic E-state index is 0.367. The Morgan fingerprint density at radius 2 is 2.23 bits per heavy atom. The fraction of sp³-hybridized carbons (Fsp3) is 0.556. The molecule has 2 rings (SSSR count). The van der Waals surface area contributed by atoms with E-state index in [1.807, 2.05) is 0 Å². The maximum Gasteiger partial charge on any atom is 0.159 e. The van der Waals surface area contributed by atoms with Gasteiger partial charge in [-0.15, -0.1) is 0 Å². The predicted octanol–water partition coefficient (Wildman–Crippen LogP) is 0.768. The monoisotopic (exact) mass is 181 g/mol. The molecule has 13 heavy (non-hydrogen) atoms. The third kappa shape index (κ3) is 2.21. The van der Waals surface area contributed by atoms with E-state index in [0.29, 0.717) is 5.92 Å². The van der Waals surface area contributed by atoms with E-state index in [2.05, 4.69) is 15.3 Å². The van der Waals surface area contributed by atoms with E-state index in [0.717, 1.165) is 25.3 Å². The van der Waals surface area contributed by atoms with Crippen LogP contribution in [0.15, 0.2) is 12.4 Å². The summed E-state index contributed by atoms with van der Waals surface area (Å²) in [6, 6.07) is 0. The van der Waals surface area contributed by atoms with Crippen molar-refractivity contribution in [2.75, 3.05) is 13.1 Å². The molecule has 0 aliphatic carbocycles. The summed E-state index contributed by atoms with van der Waals surface area (Å²) >= 11 is 0. The molecule has 1 N–H and O–H groups in total. The Kier molecular flexibility index (Phi) is 2.49. The third-order valence-electron chi connectivity index (χ3n) is 2.31. The lowest BCUT2D eigenvalue weighted by Crippen LogP contribution is -2.12. The Hall–Kier alpha value is -1.03. The Labute approximate surface area is 76.4 Å². The molecule has 1 saturated heterocycles. The fourth-order valence-corrected chi connectivity index (χ4v) is 1.59. The second kappa shape index (κ2) is 3.79. The molecule has 4 heteroatoms. The second-order valence-corrected chi connectivity index (χ2v) is 3.38. The van der Waals surface area contributed by atoms with E-state index in [4.69, 9.17) is 0 Å². The minimum atomic E-state index is -0.367. The number of hydrogen-bond acceptors (Lipinski definition) is 3. The summed E-state index contributed by atoms with van der Waals surface area (Å²) in [5, 5.41) is 3.27. The largest absolute Gasteiger partial charge is 0.316 e. The summed E-state index contributed by atoms with van der Waals surface area (Å²) in [6.45, 7) is 2.10. The van der Waals surface area contributed by atoms with Crippen LogP contribution in [-0.4, -0.2) is 23.1 Å². The van der Waals surface area contributed by atoms with E-state index in [1.165, 1.54) is 18.8 Å². The van der Waals surface area contributed by atoms with Crippen molar-refractivity contribution in [3.05, 3.63) is 24.0 Å². The molecule has 0 spiro atoms. The molecule has 1 aromatic rings. The van der Waals surface area contributed by atoms with Gasteiger partial charge in [0.25, 0.3) is 0 Å². The first-order valence-electron chi connectivity index (χ1n) is 4.52. The van der Waals surface area contributed by atoms with Gasteiger partial charge in [-0.05, 0) is 25.4 Å². The van der Waals surface area contributed by atoms with E-state index in [-0.39, 0.29) is 5.82 Å². The Bertz CT molecular complexity index is 267. The number of rotatable bonds is 2. The highest BCUT2D eigenvalue weighted by Crippen LogP contribution is 2.11. The van der Waals surface area contributed by atoms with Crippen molar-refractivity contribution in [3.8, 4) is 0 Å². The highest BCUT2D eigenvalue weighted by molar-refractivity contribution is 4.93. The molecule has 0 aromatic carbocycles. The van der Waals surface area contributed by atoms with Crippen LogP contribution in [0, 0.1) is 11.7 Å². The van der Waals surface area contributed by atoms with Gasteiger partial charge in [0.15, 0.2) is 5.82 Å². The molecule has 1 aliphatic rings. The van der Waals surface area contributed by atoms with Crippen LogP contribution in [0.5, 0.6) is 0 Å². The highest BCUT2D eigenvalue weighted by Gasteiger charge is 2.15. The highest BCUT2D eigenvalue weighted by atomic mass is 19.1. The van der Waals surface area contributed by atoms with Crippen LogP contribution in [0.3, 0.4) is 0 Å². The number of nitrogens with one attached hydrogen (secondary N) is 1. The fourth-order valence-electron chi connectivity index (χ4n) is 1.59. The standard InChI is InChI=1S/C9H12FN3/c10-8-5-12-9(13-6-8)3-7-1-2-11-4-7/h5-7,11H,1-4H2. The molecule has 1 fully saturated rings. The topological polar surface area (TPSA) is 37.8 Å². The van der Waals surface area contributed by atoms with Gasteiger partial charge in [0, 0.05) is 6.42 Å². The zero-order valence-corrected chi connectivity index (χ0v) is 7.33. The molecule has 0 amide bonds. The number of hydrogen-bond donors (Lipinski definition) is 1. The molecule has 0 bridgehead atoms. The summed E-state index contributed by atoms with van der Waals surface area (Å²) in [5.74, 6) is 0.994. The molecule has 1 unspecified atom stereocenters. The van der Waals surface area contributed by atoms with Gasteiger partial charge in [-0.1, -0.05) is 0 Å². The van der Waals surface area contributed by atoms with Gasteiger partial charge in [-0.3, -0.25) is 0 Å². The van der Waals surface area contributed by atoms with Crippen LogP contribution >= 0.6 is 0 Å². The number of nitrogens with zero attached hydrogens (tertiary/aromatic N) is 2. The van der Waals surface area contributed by atoms with Crippen molar-refractivity contribution in [1.82, 2.24) is 15.3 Å². The summed E-state index contributed by atoms with van der Waals surface area (Å²) in [5.41, 5.74) is 0. The first-order chi connectivity index (χ1) is 6.34. The normalized spacial score (nSPS) is 22.1. The molecule has 1 aromatic heterocycles. The first-order valence-corrected chi connectivity index (χ1v) is 4.52. The summed E-state index contributed by atoms with van der Waals surface area (Å²) in [7, 11) is 0. The Balaban J connectivity index is 1.97. The quantitative estimate of drug-likeness (QED) is 0.732. The summed E-state index contributed by atoms with van der Waals surface area (Å²) in [6.07, 6.45) is 4.48. The van der Waals surface area contributed by atoms with Crippen molar-refractivity contribution in [2.45, 2.75) is 12.8 Å². The van der Waals surface area contributed by atoms with Gasteiger partial charge in [-0.2, -0.15) is 0 Å². The second-order valence-electron chi connectivity index (χ2n) is 3.38. The first kappa shape index (κ1) is 8.56. The molecular weight excluding hydrogens is 169 g/mol. The van der Waals surface area contributed by atoms with Crippen molar-refractivity contribution >= 4 is 0 Å². The average molecular weight is 181 g/mol.